The van der Waals surface area contributed by atoms with Crippen LogP contribution in [0.5, 0.6) is 0 Å². The van der Waals surface area contributed by atoms with Crippen LogP contribution in [-0.2, 0) is 4.79 Å². The lowest BCUT2D eigenvalue weighted by Gasteiger charge is -2.32. The molecule has 0 spiro atoms. The molecular formula is C23H25FN2O3. The number of hydrogen-bond acceptors (Lipinski definition) is 3. The molecule has 1 saturated heterocycles. The van der Waals surface area contributed by atoms with Gasteiger partial charge in [0.05, 0.1) is 5.56 Å². The fourth-order valence-corrected chi connectivity index (χ4v) is 3.44. The summed E-state index contributed by atoms with van der Waals surface area (Å²) in [6, 6.07) is 13.1. The van der Waals surface area contributed by atoms with Gasteiger partial charge in [0.25, 0.3) is 5.91 Å². The van der Waals surface area contributed by atoms with Crippen LogP contribution in [0.1, 0.15) is 52.0 Å². The summed E-state index contributed by atoms with van der Waals surface area (Å²) >= 11 is 0. The number of Topliss-reactive ketones (excluding diaryl/α,β-unsaturated/α-hetero) is 1. The number of rotatable bonds is 6. The summed E-state index contributed by atoms with van der Waals surface area (Å²) in [5, 5.41) is 2.84. The zero-order valence-electron chi connectivity index (χ0n) is 16.5. The maximum Gasteiger partial charge on any atom is 0.254 e. The van der Waals surface area contributed by atoms with Crippen molar-refractivity contribution in [3.63, 3.8) is 0 Å². The monoisotopic (exact) mass is 396 g/mol. The molecule has 3 rings (SSSR count). The van der Waals surface area contributed by atoms with Gasteiger partial charge in [-0.25, -0.2) is 4.39 Å². The van der Waals surface area contributed by atoms with Crippen molar-refractivity contribution >= 4 is 17.6 Å². The molecule has 0 saturated carbocycles. The predicted octanol–water partition coefficient (Wildman–Crippen LogP) is 3.52. The van der Waals surface area contributed by atoms with E-state index < -0.39 is 11.7 Å². The second kappa shape index (κ2) is 9.45. The Kier molecular flexibility index (Phi) is 6.75. The van der Waals surface area contributed by atoms with E-state index in [1.54, 1.807) is 29.2 Å². The van der Waals surface area contributed by atoms with Crippen molar-refractivity contribution in [3.05, 3.63) is 71.0 Å². The first-order valence-electron chi connectivity index (χ1n) is 9.87. The molecule has 1 aliphatic heterocycles. The number of ketones is 1. The molecule has 1 aliphatic rings. The minimum atomic E-state index is -0.546. The third-order valence-corrected chi connectivity index (χ3v) is 5.24. The lowest BCUT2D eigenvalue weighted by Crippen LogP contribution is -2.46. The number of aryl methyl sites for hydroxylation is 1. The molecular weight excluding hydrogens is 371 g/mol. The summed E-state index contributed by atoms with van der Waals surface area (Å²) < 4.78 is 13.7. The van der Waals surface area contributed by atoms with Gasteiger partial charge in [0.2, 0.25) is 5.91 Å². The summed E-state index contributed by atoms with van der Waals surface area (Å²) in [5.74, 6) is -1.07. The van der Waals surface area contributed by atoms with Gasteiger partial charge in [-0.1, -0.05) is 42.0 Å². The maximum absolute atomic E-state index is 13.7. The highest BCUT2D eigenvalue weighted by Gasteiger charge is 2.25. The Labute approximate surface area is 169 Å². The summed E-state index contributed by atoms with van der Waals surface area (Å²) in [4.78, 5) is 38.6. The Morgan fingerprint density at radius 3 is 2.31 bits per heavy atom. The summed E-state index contributed by atoms with van der Waals surface area (Å²) in [6.07, 6.45) is 1.58. The van der Waals surface area contributed by atoms with Gasteiger partial charge in [-0.15, -0.1) is 0 Å². The van der Waals surface area contributed by atoms with E-state index in [0.717, 1.165) is 5.56 Å². The van der Waals surface area contributed by atoms with Crippen molar-refractivity contribution in [2.75, 3.05) is 13.1 Å². The van der Waals surface area contributed by atoms with E-state index in [4.69, 9.17) is 0 Å². The van der Waals surface area contributed by atoms with E-state index in [1.807, 2.05) is 19.1 Å². The van der Waals surface area contributed by atoms with Crippen molar-refractivity contribution in [2.24, 2.45) is 0 Å². The quantitative estimate of drug-likeness (QED) is 0.760. The number of hydrogen-bond donors (Lipinski definition) is 1. The van der Waals surface area contributed by atoms with Crippen molar-refractivity contribution in [1.82, 2.24) is 10.2 Å². The predicted molar refractivity (Wildman–Crippen MR) is 108 cm³/mol. The highest BCUT2D eigenvalue weighted by Crippen LogP contribution is 2.15. The van der Waals surface area contributed by atoms with Crippen molar-refractivity contribution in [1.29, 1.82) is 0 Å². The highest BCUT2D eigenvalue weighted by molar-refractivity contribution is 5.98. The average Bonchev–Trinajstić information content (AvgIpc) is 2.73. The van der Waals surface area contributed by atoms with Gasteiger partial charge >= 0.3 is 0 Å². The van der Waals surface area contributed by atoms with Crippen LogP contribution < -0.4 is 5.32 Å². The second-order valence-electron chi connectivity index (χ2n) is 7.40. The molecule has 1 heterocycles. The van der Waals surface area contributed by atoms with Gasteiger partial charge in [0.1, 0.15) is 5.82 Å². The zero-order chi connectivity index (χ0) is 20.8. The number of halogens is 1. The Balaban J connectivity index is 1.43. The van der Waals surface area contributed by atoms with Crippen LogP contribution in [0.3, 0.4) is 0 Å². The van der Waals surface area contributed by atoms with Gasteiger partial charge in [-0.2, -0.15) is 0 Å². The summed E-state index contributed by atoms with van der Waals surface area (Å²) in [5.41, 5.74) is 1.74. The molecule has 1 N–H and O–H groups in total. The fourth-order valence-electron chi connectivity index (χ4n) is 3.44. The number of amides is 2. The first-order chi connectivity index (χ1) is 13.9. The molecule has 0 aliphatic carbocycles. The van der Waals surface area contributed by atoms with Crippen LogP contribution in [0, 0.1) is 12.7 Å². The number of carbonyl (C=O) groups is 3. The Hall–Kier alpha value is -3.02. The highest BCUT2D eigenvalue weighted by atomic mass is 19.1. The Morgan fingerprint density at radius 1 is 1.00 bits per heavy atom. The van der Waals surface area contributed by atoms with E-state index in [9.17, 15) is 18.8 Å². The van der Waals surface area contributed by atoms with Crippen LogP contribution in [0.2, 0.25) is 0 Å². The molecule has 0 radical (unpaired) electrons. The minimum Gasteiger partial charge on any atom is -0.349 e. The third kappa shape index (κ3) is 5.50. The van der Waals surface area contributed by atoms with E-state index in [-0.39, 0.29) is 36.1 Å². The maximum atomic E-state index is 13.7. The van der Waals surface area contributed by atoms with Gasteiger partial charge in [-0.05, 0) is 31.9 Å². The molecule has 2 aromatic rings. The number of likely N-dealkylation sites (tertiary alicyclic amines) is 1. The number of nitrogens with zero attached hydrogens (tertiary/aromatic N) is 1. The SMILES string of the molecule is Cc1ccc(C(=O)CCC(=O)N2CCC(NC(=O)c3ccccc3F)CC2)cc1. The second-order valence-corrected chi connectivity index (χ2v) is 7.40. The standard InChI is InChI=1S/C23H25FN2O3/c1-16-6-8-17(9-7-16)21(27)10-11-22(28)26-14-12-18(13-15-26)25-23(29)19-4-2-3-5-20(19)24/h2-9,18H,10-15H2,1H3,(H,25,29). The van der Waals surface area contributed by atoms with E-state index >= 15 is 0 Å². The van der Waals surface area contributed by atoms with Crippen LogP contribution in [0.4, 0.5) is 4.39 Å². The first-order valence-corrected chi connectivity index (χ1v) is 9.87. The van der Waals surface area contributed by atoms with Gasteiger partial charge in [0.15, 0.2) is 5.78 Å². The van der Waals surface area contributed by atoms with Gasteiger partial charge in [-0.3, -0.25) is 14.4 Å². The minimum absolute atomic E-state index is 0.0284. The fraction of sp³-hybridized carbons (Fsp3) is 0.348. The largest absolute Gasteiger partial charge is 0.349 e. The molecule has 2 amide bonds. The third-order valence-electron chi connectivity index (χ3n) is 5.24. The van der Waals surface area contributed by atoms with Gasteiger partial charge in [0, 0.05) is 37.5 Å². The van der Waals surface area contributed by atoms with Crippen LogP contribution >= 0.6 is 0 Å². The van der Waals surface area contributed by atoms with Crippen molar-refractivity contribution < 1.29 is 18.8 Å². The van der Waals surface area contributed by atoms with Crippen LogP contribution in [-0.4, -0.2) is 41.6 Å². The molecule has 6 heteroatoms. The zero-order valence-corrected chi connectivity index (χ0v) is 16.5. The molecule has 152 valence electrons. The Morgan fingerprint density at radius 2 is 1.66 bits per heavy atom. The van der Waals surface area contributed by atoms with E-state index in [1.165, 1.54) is 12.1 Å². The van der Waals surface area contributed by atoms with Gasteiger partial charge < -0.3 is 10.2 Å². The van der Waals surface area contributed by atoms with Crippen LogP contribution in [0.15, 0.2) is 48.5 Å². The molecule has 1 fully saturated rings. The number of benzene rings is 2. The Bertz CT molecular complexity index is 887. The topological polar surface area (TPSA) is 66.5 Å². The van der Waals surface area contributed by atoms with E-state index in [0.29, 0.717) is 31.5 Å². The number of nitrogens with one attached hydrogen (secondary N) is 1. The number of carbonyl (C=O) groups excluding carboxylic acids is 3. The first kappa shape index (κ1) is 20.7. The molecule has 0 aromatic heterocycles. The average molecular weight is 396 g/mol. The molecule has 29 heavy (non-hydrogen) atoms. The number of piperidine rings is 1. The lowest BCUT2D eigenvalue weighted by atomic mass is 10.0. The normalized spacial score (nSPS) is 14.5. The molecule has 2 aromatic carbocycles. The lowest BCUT2D eigenvalue weighted by molar-refractivity contribution is -0.132. The molecule has 5 nitrogen and oxygen atoms in total. The van der Waals surface area contributed by atoms with Crippen LogP contribution in [0.25, 0.3) is 0 Å². The van der Waals surface area contributed by atoms with Crippen molar-refractivity contribution in [3.8, 4) is 0 Å². The van der Waals surface area contributed by atoms with Crippen molar-refractivity contribution in [2.45, 2.75) is 38.6 Å². The summed E-state index contributed by atoms with van der Waals surface area (Å²) in [7, 11) is 0. The smallest absolute Gasteiger partial charge is 0.254 e. The molecule has 0 unspecified atom stereocenters. The molecule has 0 atom stereocenters. The molecule has 0 bridgehead atoms. The van der Waals surface area contributed by atoms with E-state index in [2.05, 4.69) is 5.32 Å². The summed E-state index contributed by atoms with van der Waals surface area (Å²) in [6.45, 7) is 2.99.